The normalized spacial score (nSPS) is 18.4. The highest BCUT2D eigenvalue weighted by molar-refractivity contribution is 9.08. The second-order valence-electron chi connectivity index (χ2n) is 4.67. The van der Waals surface area contributed by atoms with Crippen LogP contribution in [0.4, 0.5) is 4.79 Å². The van der Waals surface area contributed by atoms with E-state index in [1.54, 1.807) is 6.07 Å². The Morgan fingerprint density at radius 3 is 2.70 bits per heavy atom. The number of hydrogen-bond donors (Lipinski definition) is 1. The Morgan fingerprint density at radius 1 is 1.20 bits per heavy atom. The van der Waals surface area contributed by atoms with Crippen LogP contribution in [0.2, 0.25) is 0 Å². The summed E-state index contributed by atoms with van der Waals surface area (Å²) in [5.74, 6) is -0.510. The molecule has 0 radical (unpaired) electrons. The molecule has 2 heterocycles. The molecule has 3 rings (SSSR count). The lowest BCUT2D eigenvalue weighted by Gasteiger charge is -2.33. The van der Waals surface area contributed by atoms with E-state index in [0.29, 0.717) is 17.4 Å². The predicted octanol–water partition coefficient (Wildman–Crippen LogP) is 1.39. The van der Waals surface area contributed by atoms with Crippen molar-refractivity contribution in [2.45, 2.75) is 18.3 Å². The maximum Gasteiger partial charge on any atom is 0.342 e. The van der Waals surface area contributed by atoms with E-state index in [9.17, 15) is 14.4 Å². The van der Waals surface area contributed by atoms with Crippen molar-refractivity contribution < 1.29 is 14.4 Å². The monoisotopic (exact) mass is 337 g/mol. The van der Waals surface area contributed by atoms with Crippen molar-refractivity contribution in [2.24, 2.45) is 0 Å². The lowest BCUT2D eigenvalue weighted by atomic mass is 10.1. The smallest absolute Gasteiger partial charge is 0.276 e. The molecule has 2 aliphatic rings. The summed E-state index contributed by atoms with van der Waals surface area (Å²) < 4.78 is 0. The van der Waals surface area contributed by atoms with Crippen LogP contribution < -0.4 is 5.32 Å². The summed E-state index contributed by atoms with van der Waals surface area (Å²) >= 11 is 3.40. The van der Waals surface area contributed by atoms with Crippen LogP contribution in [0.5, 0.6) is 0 Å². The first-order valence-electron chi connectivity index (χ1n) is 6.21. The van der Waals surface area contributed by atoms with Gasteiger partial charge in [0.25, 0.3) is 5.91 Å². The minimum atomic E-state index is -0.539. The Morgan fingerprint density at radius 2 is 2.00 bits per heavy atom. The molecule has 1 N–H and O–H groups in total. The second kappa shape index (κ2) is 4.90. The standard InChI is InChI=1S/C13H12BrN3O3/c14-6-8-2-1-3-9-10(8)7-17(12(9)19)16-5-4-11(18)15-13(16)20/h1-3H,4-7H2,(H,15,18,20). The molecule has 0 bridgehead atoms. The van der Waals surface area contributed by atoms with Crippen LogP contribution >= 0.6 is 15.9 Å². The van der Waals surface area contributed by atoms with E-state index in [1.165, 1.54) is 10.0 Å². The molecule has 0 spiro atoms. The number of urea groups is 1. The number of hydrogen-bond acceptors (Lipinski definition) is 3. The van der Waals surface area contributed by atoms with Crippen molar-refractivity contribution in [3.05, 3.63) is 34.9 Å². The molecule has 0 saturated carbocycles. The number of benzene rings is 1. The number of amides is 4. The number of rotatable bonds is 2. The second-order valence-corrected chi connectivity index (χ2v) is 5.23. The number of nitrogens with one attached hydrogen (secondary N) is 1. The highest BCUT2D eigenvalue weighted by atomic mass is 79.9. The zero-order valence-corrected chi connectivity index (χ0v) is 12.1. The summed E-state index contributed by atoms with van der Waals surface area (Å²) in [4.78, 5) is 35.4. The number of halogens is 1. The fourth-order valence-electron chi connectivity index (χ4n) is 2.49. The molecular formula is C13H12BrN3O3. The summed E-state index contributed by atoms with van der Waals surface area (Å²) in [5, 5.41) is 5.59. The van der Waals surface area contributed by atoms with Crippen molar-refractivity contribution in [3.63, 3.8) is 0 Å². The van der Waals surface area contributed by atoms with E-state index in [2.05, 4.69) is 21.2 Å². The maximum atomic E-state index is 12.4. The van der Waals surface area contributed by atoms with Crippen molar-refractivity contribution in [2.75, 3.05) is 6.54 Å². The number of carbonyl (C=O) groups excluding carboxylic acids is 3. The summed E-state index contributed by atoms with van der Waals surface area (Å²) in [5.41, 5.74) is 2.58. The number of imide groups is 1. The third kappa shape index (κ3) is 1.98. The average molecular weight is 338 g/mol. The number of alkyl halides is 1. The molecule has 0 aromatic heterocycles. The van der Waals surface area contributed by atoms with E-state index < -0.39 is 6.03 Å². The van der Waals surface area contributed by atoms with Crippen LogP contribution in [-0.2, 0) is 16.7 Å². The molecule has 0 aliphatic carbocycles. The van der Waals surface area contributed by atoms with Crippen LogP contribution in [0, 0.1) is 0 Å². The first-order valence-corrected chi connectivity index (χ1v) is 7.34. The molecule has 20 heavy (non-hydrogen) atoms. The molecule has 1 aromatic carbocycles. The van der Waals surface area contributed by atoms with E-state index in [-0.39, 0.29) is 24.8 Å². The van der Waals surface area contributed by atoms with E-state index in [1.807, 2.05) is 12.1 Å². The first kappa shape index (κ1) is 13.1. The molecule has 0 unspecified atom stereocenters. The summed E-state index contributed by atoms with van der Waals surface area (Å²) in [6, 6.07) is 5.00. The van der Waals surface area contributed by atoms with Gasteiger partial charge in [0.2, 0.25) is 5.91 Å². The molecule has 6 nitrogen and oxygen atoms in total. The Balaban J connectivity index is 1.90. The van der Waals surface area contributed by atoms with Crippen molar-refractivity contribution in [3.8, 4) is 0 Å². The van der Waals surface area contributed by atoms with Gasteiger partial charge >= 0.3 is 6.03 Å². The van der Waals surface area contributed by atoms with Gasteiger partial charge in [-0.05, 0) is 17.2 Å². The van der Waals surface area contributed by atoms with Crippen molar-refractivity contribution in [1.82, 2.24) is 15.3 Å². The molecule has 1 saturated heterocycles. The van der Waals surface area contributed by atoms with Gasteiger partial charge < -0.3 is 0 Å². The highest BCUT2D eigenvalue weighted by Gasteiger charge is 2.37. The molecule has 0 atom stereocenters. The van der Waals surface area contributed by atoms with Gasteiger partial charge in [0.05, 0.1) is 13.1 Å². The molecular weight excluding hydrogens is 326 g/mol. The summed E-state index contributed by atoms with van der Waals surface area (Å²) in [6.07, 6.45) is 0.206. The minimum Gasteiger partial charge on any atom is -0.276 e. The number of carbonyl (C=O) groups is 3. The quantitative estimate of drug-likeness (QED) is 0.829. The van der Waals surface area contributed by atoms with Crippen LogP contribution in [0.1, 0.15) is 27.9 Å². The molecule has 1 aromatic rings. The topological polar surface area (TPSA) is 69.7 Å². The maximum absolute atomic E-state index is 12.4. The van der Waals surface area contributed by atoms with Gasteiger partial charge in [0.1, 0.15) is 0 Å². The van der Waals surface area contributed by atoms with E-state index >= 15 is 0 Å². The number of fused-ring (bicyclic) bond motifs is 1. The van der Waals surface area contributed by atoms with Gasteiger partial charge in [0.15, 0.2) is 0 Å². The fourth-order valence-corrected chi connectivity index (χ4v) is 3.01. The van der Waals surface area contributed by atoms with Crippen LogP contribution in [0.3, 0.4) is 0 Å². The Bertz CT molecular complexity index is 617. The third-order valence-electron chi connectivity index (χ3n) is 3.51. The van der Waals surface area contributed by atoms with Crippen molar-refractivity contribution >= 4 is 33.8 Å². The lowest BCUT2D eigenvalue weighted by molar-refractivity contribution is -0.123. The number of nitrogens with zero attached hydrogens (tertiary/aromatic N) is 2. The fraction of sp³-hybridized carbons (Fsp3) is 0.308. The lowest BCUT2D eigenvalue weighted by Crippen LogP contribution is -2.56. The van der Waals surface area contributed by atoms with Crippen molar-refractivity contribution in [1.29, 1.82) is 0 Å². The summed E-state index contributed by atoms with van der Waals surface area (Å²) in [6.45, 7) is 0.589. The number of hydrazine groups is 1. The van der Waals surface area contributed by atoms with Crippen LogP contribution in [-0.4, -0.2) is 34.4 Å². The molecule has 4 amide bonds. The zero-order valence-electron chi connectivity index (χ0n) is 10.6. The van der Waals surface area contributed by atoms with Gasteiger partial charge in [-0.15, -0.1) is 0 Å². The molecule has 1 fully saturated rings. The van der Waals surface area contributed by atoms with Gasteiger partial charge in [0, 0.05) is 17.3 Å². The first-order chi connectivity index (χ1) is 9.61. The third-order valence-corrected chi connectivity index (χ3v) is 4.12. The summed E-state index contributed by atoms with van der Waals surface area (Å²) in [7, 11) is 0. The SMILES string of the molecule is O=C1CCN(N2Cc3c(CBr)cccc3C2=O)C(=O)N1. The van der Waals surface area contributed by atoms with Crippen LogP contribution in [0.15, 0.2) is 18.2 Å². The van der Waals surface area contributed by atoms with E-state index in [4.69, 9.17) is 0 Å². The average Bonchev–Trinajstić information content (AvgIpc) is 2.76. The molecule has 2 aliphatic heterocycles. The van der Waals surface area contributed by atoms with E-state index in [0.717, 1.165) is 11.1 Å². The van der Waals surface area contributed by atoms with Gasteiger partial charge in [-0.25, -0.2) is 14.8 Å². The Labute approximate surface area is 123 Å². The molecule has 104 valence electrons. The largest absolute Gasteiger partial charge is 0.342 e. The predicted molar refractivity (Wildman–Crippen MR) is 73.8 cm³/mol. The van der Waals surface area contributed by atoms with Gasteiger partial charge in [-0.2, -0.15) is 0 Å². The zero-order chi connectivity index (χ0) is 14.3. The highest BCUT2D eigenvalue weighted by Crippen LogP contribution is 2.29. The molecule has 7 heteroatoms. The Hall–Kier alpha value is -1.89. The Kier molecular flexibility index (Phi) is 3.21. The minimum absolute atomic E-state index is 0.202. The van der Waals surface area contributed by atoms with Crippen LogP contribution in [0.25, 0.3) is 0 Å². The van der Waals surface area contributed by atoms with Gasteiger partial charge in [-0.1, -0.05) is 28.1 Å². The van der Waals surface area contributed by atoms with Gasteiger partial charge in [-0.3, -0.25) is 14.9 Å².